The van der Waals surface area contributed by atoms with Gasteiger partial charge >= 0.3 is 0 Å². The van der Waals surface area contributed by atoms with Crippen molar-refractivity contribution in [2.24, 2.45) is 0 Å². The van der Waals surface area contributed by atoms with Gasteiger partial charge in [0.2, 0.25) is 0 Å². The molecule has 0 spiro atoms. The summed E-state index contributed by atoms with van der Waals surface area (Å²) < 4.78 is 13.5. The van der Waals surface area contributed by atoms with E-state index in [1.807, 2.05) is 6.92 Å². The zero-order valence-electron chi connectivity index (χ0n) is 9.98. The second kappa shape index (κ2) is 5.12. The molecule has 1 N–H and O–H groups in total. The van der Waals surface area contributed by atoms with Crippen molar-refractivity contribution in [3.63, 3.8) is 0 Å². The third-order valence-electron chi connectivity index (χ3n) is 2.65. The highest BCUT2D eigenvalue weighted by molar-refractivity contribution is 9.10. The van der Waals surface area contributed by atoms with E-state index in [2.05, 4.69) is 25.9 Å². The zero-order chi connectivity index (χ0) is 13.3. The molecule has 0 saturated carbocycles. The molecular formula is C13H12BrFN2O. The zero-order valence-corrected chi connectivity index (χ0v) is 11.6. The van der Waals surface area contributed by atoms with Crippen LogP contribution in [-0.4, -0.2) is 15.1 Å². The number of halogens is 2. The van der Waals surface area contributed by atoms with Crippen molar-refractivity contribution in [2.75, 3.05) is 0 Å². The average Bonchev–Trinajstić information content (AvgIpc) is 2.32. The minimum Gasteiger partial charge on any atom is -0.389 e. The molecular weight excluding hydrogens is 299 g/mol. The minimum atomic E-state index is -0.598. The summed E-state index contributed by atoms with van der Waals surface area (Å²) in [5.74, 6) is 0.189. The van der Waals surface area contributed by atoms with Crippen molar-refractivity contribution in [2.45, 2.75) is 20.0 Å². The molecule has 18 heavy (non-hydrogen) atoms. The highest BCUT2D eigenvalue weighted by Crippen LogP contribution is 2.24. The third-order valence-corrected chi connectivity index (χ3v) is 3.25. The molecule has 0 fully saturated rings. The maximum absolute atomic E-state index is 13.1. The van der Waals surface area contributed by atoms with Gasteiger partial charge in [0.15, 0.2) is 5.82 Å². The lowest BCUT2D eigenvalue weighted by atomic mass is 10.1. The molecule has 2 rings (SSSR count). The van der Waals surface area contributed by atoms with Gasteiger partial charge in [0.05, 0.1) is 10.6 Å². The van der Waals surface area contributed by atoms with Crippen molar-refractivity contribution >= 4 is 15.9 Å². The maximum Gasteiger partial charge on any atom is 0.159 e. The Kier molecular flexibility index (Phi) is 3.73. The normalized spacial score (nSPS) is 12.5. The fraction of sp³-hybridized carbons (Fsp3) is 0.231. The number of aromatic nitrogens is 2. The predicted molar refractivity (Wildman–Crippen MR) is 70.5 cm³/mol. The number of rotatable bonds is 2. The minimum absolute atomic E-state index is 0.323. The highest BCUT2D eigenvalue weighted by atomic mass is 79.9. The number of aryl methyl sites for hydroxylation is 1. The monoisotopic (exact) mass is 310 g/mol. The molecule has 1 atom stereocenters. The first kappa shape index (κ1) is 13.1. The van der Waals surface area contributed by atoms with Crippen LogP contribution >= 0.6 is 15.9 Å². The van der Waals surface area contributed by atoms with E-state index in [9.17, 15) is 9.50 Å². The fourth-order valence-electron chi connectivity index (χ4n) is 1.66. The van der Waals surface area contributed by atoms with Gasteiger partial charge in [-0.15, -0.1) is 0 Å². The quantitative estimate of drug-likeness (QED) is 0.924. The molecule has 2 aromatic rings. The molecule has 0 aliphatic heterocycles. The summed E-state index contributed by atoms with van der Waals surface area (Å²) in [7, 11) is 0. The van der Waals surface area contributed by atoms with Gasteiger partial charge in [-0.25, -0.2) is 14.4 Å². The van der Waals surface area contributed by atoms with Gasteiger partial charge in [-0.2, -0.15) is 0 Å². The van der Waals surface area contributed by atoms with E-state index in [0.717, 1.165) is 11.3 Å². The maximum atomic E-state index is 13.1. The summed E-state index contributed by atoms with van der Waals surface area (Å²) in [5, 5.41) is 9.51. The molecule has 0 saturated heterocycles. The van der Waals surface area contributed by atoms with Gasteiger partial charge < -0.3 is 5.11 Å². The second-order valence-corrected chi connectivity index (χ2v) is 4.89. The number of hydrogen-bond acceptors (Lipinski definition) is 3. The average molecular weight is 311 g/mol. The summed E-state index contributed by atoms with van der Waals surface area (Å²) in [6.45, 7) is 3.48. The predicted octanol–water partition coefficient (Wildman–Crippen LogP) is 3.41. The Morgan fingerprint density at radius 3 is 2.67 bits per heavy atom. The van der Waals surface area contributed by atoms with E-state index in [1.54, 1.807) is 25.3 Å². The summed E-state index contributed by atoms with van der Waals surface area (Å²) in [5.41, 5.74) is 2.14. The van der Waals surface area contributed by atoms with Crippen molar-refractivity contribution in [3.05, 3.63) is 45.9 Å². The van der Waals surface area contributed by atoms with Crippen LogP contribution in [0.4, 0.5) is 4.39 Å². The third kappa shape index (κ3) is 2.57. The fourth-order valence-corrected chi connectivity index (χ4v) is 2.04. The van der Waals surface area contributed by atoms with Crippen molar-refractivity contribution < 1.29 is 9.50 Å². The van der Waals surface area contributed by atoms with Crippen LogP contribution in [0.5, 0.6) is 0 Å². The molecule has 0 aliphatic rings. The summed E-state index contributed by atoms with van der Waals surface area (Å²) >= 11 is 3.13. The van der Waals surface area contributed by atoms with Crippen LogP contribution in [0.1, 0.15) is 24.3 Å². The second-order valence-electron chi connectivity index (χ2n) is 4.04. The van der Waals surface area contributed by atoms with Gasteiger partial charge in [-0.3, -0.25) is 0 Å². The number of benzene rings is 1. The highest BCUT2D eigenvalue weighted by Gasteiger charge is 2.10. The van der Waals surface area contributed by atoms with Crippen molar-refractivity contribution in [3.8, 4) is 11.4 Å². The number of nitrogens with zero attached hydrogens (tertiary/aromatic N) is 2. The van der Waals surface area contributed by atoms with Crippen LogP contribution < -0.4 is 0 Å². The summed E-state index contributed by atoms with van der Waals surface area (Å²) in [6, 6.07) is 4.61. The molecule has 0 amide bonds. The lowest BCUT2D eigenvalue weighted by Crippen LogP contribution is -2.01. The van der Waals surface area contributed by atoms with Gasteiger partial charge in [0.25, 0.3) is 0 Å². The Morgan fingerprint density at radius 2 is 2.11 bits per heavy atom. The Labute approximate surface area is 113 Å². The van der Waals surface area contributed by atoms with Crippen LogP contribution in [0, 0.1) is 12.7 Å². The molecule has 94 valence electrons. The Bertz CT molecular complexity index is 587. The first-order valence-electron chi connectivity index (χ1n) is 5.46. The van der Waals surface area contributed by atoms with E-state index in [0.29, 0.717) is 15.9 Å². The van der Waals surface area contributed by atoms with Crippen molar-refractivity contribution in [1.82, 2.24) is 9.97 Å². The van der Waals surface area contributed by atoms with Gasteiger partial charge in [-0.1, -0.05) is 0 Å². The van der Waals surface area contributed by atoms with E-state index in [4.69, 9.17) is 0 Å². The van der Waals surface area contributed by atoms with Crippen LogP contribution in [-0.2, 0) is 0 Å². The Hall–Kier alpha value is -1.33. The summed E-state index contributed by atoms with van der Waals surface area (Å²) in [4.78, 5) is 8.51. The Morgan fingerprint density at radius 1 is 1.39 bits per heavy atom. The molecule has 3 nitrogen and oxygen atoms in total. The van der Waals surface area contributed by atoms with Crippen LogP contribution in [0.25, 0.3) is 11.4 Å². The van der Waals surface area contributed by atoms with Crippen LogP contribution in [0.2, 0.25) is 0 Å². The lowest BCUT2D eigenvalue weighted by Gasteiger charge is -2.09. The molecule has 1 aromatic carbocycles. The topological polar surface area (TPSA) is 46.0 Å². The van der Waals surface area contributed by atoms with E-state index in [-0.39, 0.29) is 5.82 Å². The van der Waals surface area contributed by atoms with Crippen molar-refractivity contribution in [1.29, 1.82) is 0 Å². The molecule has 1 unspecified atom stereocenters. The number of aliphatic hydroxyl groups is 1. The van der Waals surface area contributed by atoms with Gasteiger partial charge in [0.1, 0.15) is 5.82 Å². The van der Waals surface area contributed by atoms with E-state index >= 15 is 0 Å². The Balaban J connectivity index is 2.45. The van der Waals surface area contributed by atoms with Crippen LogP contribution in [0.15, 0.2) is 28.9 Å². The molecule has 0 aliphatic carbocycles. The van der Waals surface area contributed by atoms with Crippen LogP contribution in [0.3, 0.4) is 0 Å². The first-order valence-corrected chi connectivity index (χ1v) is 6.25. The number of hydrogen-bond donors (Lipinski definition) is 1. The molecule has 0 bridgehead atoms. The molecule has 0 radical (unpaired) electrons. The SMILES string of the molecule is Cc1nc(-c2ccc(F)c(Br)c2)ncc1C(C)O. The lowest BCUT2D eigenvalue weighted by molar-refractivity contribution is 0.197. The molecule has 1 aromatic heterocycles. The smallest absolute Gasteiger partial charge is 0.159 e. The van der Waals surface area contributed by atoms with Gasteiger partial charge in [-0.05, 0) is 48.0 Å². The summed E-state index contributed by atoms with van der Waals surface area (Å²) in [6.07, 6.45) is 0.999. The molecule has 1 heterocycles. The molecule has 5 heteroatoms. The number of aliphatic hydroxyl groups excluding tert-OH is 1. The largest absolute Gasteiger partial charge is 0.389 e. The first-order chi connectivity index (χ1) is 8.49. The van der Waals surface area contributed by atoms with Gasteiger partial charge in [0, 0.05) is 23.0 Å². The van der Waals surface area contributed by atoms with E-state index < -0.39 is 6.10 Å². The standard InChI is InChI=1S/C13H12BrFN2O/c1-7-10(8(2)18)6-16-13(17-7)9-3-4-12(15)11(14)5-9/h3-6,8,18H,1-2H3. The van der Waals surface area contributed by atoms with E-state index in [1.165, 1.54) is 6.07 Å².